The molecule has 0 amide bonds. The number of fused-ring (bicyclic) bond motifs is 1. The summed E-state index contributed by atoms with van der Waals surface area (Å²) in [6, 6.07) is 0.918. The van der Waals surface area contributed by atoms with Gasteiger partial charge < -0.3 is 20.3 Å². The number of halogens is 3. The fourth-order valence-corrected chi connectivity index (χ4v) is 1.84. The minimum absolute atomic E-state index is 0.0300. The third kappa shape index (κ3) is 2.23. The standard InChI is InChI=1S/C11H12F3NO3/c12-11(13,14)6-1-2-8-10(18-4-3-17-8)9(6)7(15)5-16/h1-2,7,16H,3-5,15H2. The van der Waals surface area contributed by atoms with Gasteiger partial charge in [-0.25, -0.2) is 0 Å². The number of nitrogens with two attached hydrogens (primary N) is 1. The Balaban J connectivity index is 2.61. The highest BCUT2D eigenvalue weighted by molar-refractivity contribution is 5.53. The average Bonchev–Trinajstić information content (AvgIpc) is 2.35. The van der Waals surface area contributed by atoms with Crippen LogP contribution in [0.5, 0.6) is 11.5 Å². The monoisotopic (exact) mass is 263 g/mol. The molecule has 0 saturated heterocycles. The Hall–Kier alpha value is -1.47. The third-order valence-corrected chi connectivity index (χ3v) is 2.62. The zero-order valence-corrected chi connectivity index (χ0v) is 9.33. The number of aliphatic hydroxyl groups is 1. The van der Waals surface area contributed by atoms with Crippen molar-refractivity contribution in [3.05, 3.63) is 23.3 Å². The first-order valence-corrected chi connectivity index (χ1v) is 5.31. The van der Waals surface area contributed by atoms with E-state index >= 15 is 0 Å². The number of aliphatic hydroxyl groups excluding tert-OH is 1. The van der Waals surface area contributed by atoms with Crippen molar-refractivity contribution in [2.24, 2.45) is 5.73 Å². The van der Waals surface area contributed by atoms with Crippen LogP contribution in [0.3, 0.4) is 0 Å². The predicted molar refractivity (Wildman–Crippen MR) is 56.4 cm³/mol. The molecule has 1 unspecified atom stereocenters. The van der Waals surface area contributed by atoms with Gasteiger partial charge in [0.25, 0.3) is 0 Å². The Morgan fingerprint density at radius 1 is 1.28 bits per heavy atom. The van der Waals surface area contributed by atoms with E-state index in [1.54, 1.807) is 0 Å². The largest absolute Gasteiger partial charge is 0.486 e. The van der Waals surface area contributed by atoms with Crippen molar-refractivity contribution in [1.29, 1.82) is 0 Å². The van der Waals surface area contributed by atoms with E-state index in [0.717, 1.165) is 6.07 Å². The summed E-state index contributed by atoms with van der Waals surface area (Å²) < 4.78 is 49.0. The molecule has 2 rings (SSSR count). The molecule has 0 aliphatic carbocycles. The van der Waals surface area contributed by atoms with Gasteiger partial charge in [-0.2, -0.15) is 13.2 Å². The quantitative estimate of drug-likeness (QED) is 0.848. The molecule has 1 aromatic rings. The smallest absolute Gasteiger partial charge is 0.416 e. The Morgan fingerprint density at radius 3 is 2.56 bits per heavy atom. The molecule has 1 aliphatic rings. The van der Waals surface area contributed by atoms with Gasteiger partial charge in [-0.05, 0) is 12.1 Å². The summed E-state index contributed by atoms with van der Waals surface area (Å²) in [6.07, 6.45) is -4.56. The maximum Gasteiger partial charge on any atom is 0.416 e. The van der Waals surface area contributed by atoms with Gasteiger partial charge in [0.2, 0.25) is 0 Å². The second-order valence-electron chi connectivity index (χ2n) is 3.84. The van der Waals surface area contributed by atoms with Gasteiger partial charge in [0, 0.05) is 5.56 Å². The normalized spacial score (nSPS) is 16.5. The lowest BCUT2D eigenvalue weighted by molar-refractivity contribution is -0.138. The maximum absolute atomic E-state index is 12.9. The van der Waals surface area contributed by atoms with E-state index in [1.165, 1.54) is 6.07 Å². The molecular formula is C11H12F3NO3. The molecule has 0 aromatic heterocycles. The molecule has 1 aromatic carbocycles. The minimum Gasteiger partial charge on any atom is -0.486 e. The molecule has 1 atom stereocenters. The molecule has 1 aliphatic heterocycles. The van der Waals surface area contributed by atoms with Crippen molar-refractivity contribution in [2.45, 2.75) is 12.2 Å². The molecule has 100 valence electrons. The van der Waals surface area contributed by atoms with Gasteiger partial charge in [-0.1, -0.05) is 0 Å². The minimum atomic E-state index is -4.56. The Bertz CT molecular complexity index is 448. The average molecular weight is 263 g/mol. The topological polar surface area (TPSA) is 64.7 Å². The van der Waals surface area contributed by atoms with E-state index in [0.29, 0.717) is 0 Å². The number of hydrogen-bond acceptors (Lipinski definition) is 4. The summed E-state index contributed by atoms with van der Waals surface area (Å²) in [5, 5.41) is 8.99. The van der Waals surface area contributed by atoms with Crippen LogP contribution in [0.25, 0.3) is 0 Å². The van der Waals surface area contributed by atoms with Gasteiger partial charge in [0.05, 0.1) is 18.2 Å². The first kappa shape index (κ1) is 13.0. The van der Waals surface area contributed by atoms with Crippen LogP contribution in [0.2, 0.25) is 0 Å². The first-order valence-electron chi connectivity index (χ1n) is 5.31. The fraction of sp³-hybridized carbons (Fsp3) is 0.455. The van der Waals surface area contributed by atoms with Crippen LogP contribution >= 0.6 is 0 Å². The summed E-state index contributed by atoms with van der Waals surface area (Å²) in [7, 11) is 0. The number of rotatable bonds is 2. The number of ether oxygens (including phenoxy) is 2. The van der Waals surface area contributed by atoms with Crippen LogP contribution in [0, 0.1) is 0 Å². The van der Waals surface area contributed by atoms with Crippen molar-refractivity contribution in [1.82, 2.24) is 0 Å². The first-order chi connectivity index (χ1) is 8.45. The Morgan fingerprint density at radius 2 is 1.94 bits per heavy atom. The molecular weight excluding hydrogens is 251 g/mol. The van der Waals surface area contributed by atoms with Crippen molar-refractivity contribution in [3.8, 4) is 11.5 Å². The van der Waals surface area contributed by atoms with E-state index in [9.17, 15) is 13.2 Å². The summed E-state index contributed by atoms with van der Waals surface area (Å²) in [6.45, 7) is -0.186. The van der Waals surface area contributed by atoms with Crippen molar-refractivity contribution in [2.75, 3.05) is 19.8 Å². The lowest BCUT2D eigenvalue weighted by Crippen LogP contribution is -2.24. The summed E-state index contributed by atoms with van der Waals surface area (Å²) >= 11 is 0. The Labute approximate surface area is 101 Å². The van der Waals surface area contributed by atoms with Crippen LogP contribution in [-0.2, 0) is 6.18 Å². The molecule has 0 bridgehead atoms. The van der Waals surface area contributed by atoms with Crippen LogP contribution in [0.1, 0.15) is 17.2 Å². The molecule has 0 radical (unpaired) electrons. The van der Waals surface area contributed by atoms with E-state index in [2.05, 4.69) is 0 Å². The SMILES string of the molecule is NC(CO)c1c(C(F)(F)F)ccc2c1OCCO2. The highest BCUT2D eigenvalue weighted by atomic mass is 19.4. The molecule has 4 nitrogen and oxygen atoms in total. The molecule has 0 saturated carbocycles. The summed E-state index contributed by atoms with van der Waals surface area (Å²) in [5.74, 6) is 0.186. The Kier molecular flexibility index (Phi) is 3.36. The van der Waals surface area contributed by atoms with Crippen LogP contribution in [-0.4, -0.2) is 24.9 Å². The maximum atomic E-state index is 12.9. The molecule has 3 N–H and O–H groups in total. The van der Waals surface area contributed by atoms with Gasteiger partial charge in [0.15, 0.2) is 11.5 Å². The van der Waals surface area contributed by atoms with Gasteiger partial charge in [-0.15, -0.1) is 0 Å². The lowest BCUT2D eigenvalue weighted by Gasteiger charge is -2.26. The predicted octanol–water partition coefficient (Wildman–Crippen LogP) is 1.47. The summed E-state index contributed by atoms with van der Waals surface area (Å²) in [5.41, 5.74) is 4.36. The van der Waals surface area contributed by atoms with Gasteiger partial charge in [0.1, 0.15) is 13.2 Å². The number of hydrogen-bond donors (Lipinski definition) is 2. The second kappa shape index (κ2) is 4.66. The fourth-order valence-electron chi connectivity index (χ4n) is 1.84. The van der Waals surface area contributed by atoms with Gasteiger partial charge >= 0.3 is 6.18 Å². The number of benzene rings is 1. The number of alkyl halides is 3. The van der Waals surface area contributed by atoms with Gasteiger partial charge in [-0.3, -0.25) is 0 Å². The second-order valence-corrected chi connectivity index (χ2v) is 3.84. The molecule has 7 heteroatoms. The lowest BCUT2D eigenvalue weighted by atomic mass is 9.98. The highest BCUT2D eigenvalue weighted by Gasteiger charge is 2.38. The highest BCUT2D eigenvalue weighted by Crippen LogP contribution is 2.44. The van der Waals surface area contributed by atoms with E-state index in [4.69, 9.17) is 20.3 Å². The van der Waals surface area contributed by atoms with Crippen LogP contribution in [0.15, 0.2) is 12.1 Å². The molecule has 0 fully saturated rings. The zero-order chi connectivity index (χ0) is 13.3. The molecule has 0 spiro atoms. The van der Waals surface area contributed by atoms with Crippen LogP contribution < -0.4 is 15.2 Å². The van der Waals surface area contributed by atoms with Crippen molar-refractivity contribution in [3.63, 3.8) is 0 Å². The molecule has 1 heterocycles. The van der Waals surface area contributed by atoms with E-state index < -0.39 is 24.4 Å². The zero-order valence-electron chi connectivity index (χ0n) is 9.33. The van der Waals surface area contributed by atoms with Crippen molar-refractivity contribution < 1.29 is 27.8 Å². The van der Waals surface area contributed by atoms with E-state index in [1.807, 2.05) is 0 Å². The molecule has 18 heavy (non-hydrogen) atoms. The third-order valence-electron chi connectivity index (χ3n) is 2.62. The van der Waals surface area contributed by atoms with Crippen molar-refractivity contribution >= 4 is 0 Å². The summed E-state index contributed by atoms with van der Waals surface area (Å²) in [4.78, 5) is 0. The van der Waals surface area contributed by atoms with E-state index in [-0.39, 0.29) is 30.3 Å². The van der Waals surface area contributed by atoms with Crippen LogP contribution in [0.4, 0.5) is 13.2 Å².